The van der Waals surface area contributed by atoms with Gasteiger partial charge >= 0.3 is 7.60 Å². The molecule has 1 unspecified atom stereocenters. The first kappa shape index (κ1) is 17.2. The number of methoxy groups -OCH3 is 1. The molecule has 2 aromatic rings. The van der Waals surface area contributed by atoms with E-state index in [1.165, 1.54) is 24.3 Å². The fourth-order valence-electron chi connectivity index (χ4n) is 2.65. The molecule has 1 fully saturated rings. The van der Waals surface area contributed by atoms with Gasteiger partial charge < -0.3 is 24.5 Å². The summed E-state index contributed by atoms with van der Waals surface area (Å²) >= 11 is 0. The van der Waals surface area contributed by atoms with Gasteiger partial charge in [0.05, 0.1) is 19.3 Å². The second-order valence-corrected chi connectivity index (χ2v) is 7.26. The van der Waals surface area contributed by atoms with Crippen molar-refractivity contribution in [3.63, 3.8) is 0 Å². The quantitative estimate of drug-likeness (QED) is 0.584. The van der Waals surface area contributed by atoms with Crippen LogP contribution in [0.5, 0.6) is 0 Å². The third kappa shape index (κ3) is 3.14. The van der Waals surface area contributed by atoms with Crippen molar-refractivity contribution in [2.24, 2.45) is 0 Å². The zero-order valence-corrected chi connectivity index (χ0v) is 13.8. The van der Waals surface area contributed by atoms with E-state index >= 15 is 0 Å². The van der Waals surface area contributed by atoms with Gasteiger partial charge in [-0.25, -0.2) is 9.97 Å². The van der Waals surface area contributed by atoms with E-state index in [4.69, 9.17) is 14.0 Å². The summed E-state index contributed by atoms with van der Waals surface area (Å²) in [6.45, 7) is 1.06. The Bertz CT molecular complexity index is 830. The number of fused-ring (bicyclic) bond motifs is 1. The Kier molecular flexibility index (Phi) is 4.56. The van der Waals surface area contributed by atoms with Crippen LogP contribution in [0.4, 0.5) is 0 Å². The van der Waals surface area contributed by atoms with Gasteiger partial charge in [0.25, 0.3) is 5.56 Å². The van der Waals surface area contributed by atoms with Gasteiger partial charge in [-0.05, 0) is 0 Å². The molecule has 0 bridgehead atoms. The summed E-state index contributed by atoms with van der Waals surface area (Å²) in [6.07, 6.45) is -1.65. The smallest absolute Gasteiger partial charge is 0.325 e. The lowest BCUT2D eigenvalue weighted by molar-refractivity contribution is -0.0571. The minimum absolute atomic E-state index is 0.0405. The lowest BCUT2D eigenvalue weighted by atomic mass is 10.1. The van der Waals surface area contributed by atoms with Gasteiger partial charge in [0.2, 0.25) is 0 Å². The molecule has 3 heterocycles. The highest BCUT2D eigenvalue weighted by molar-refractivity contribution is 7.51. The third-order valence-electron chi connectivity index (χ3n) is 3.60. The van der Waals surface area contributed by atoms with Crippen molar-refractivity contribution in [3.05, 3.63) is 23.0 Å². The van der Waals surface area contributed by atoms with Gasteiger partial charge in [-0.1, -0.05) is 0 Å². The molecule has 0 saturated carbocycles. The lowest BCUT2D eigenvalue weighted by Crippen LogP contribution is -2.35. The van der Waals surface area contributed by atoms with E-state index in [9.17, 15) is 19.4 Å². The minimum atomic E-state index is -3.86. The van der Waals surface area contributed by atoms with Crippen molar-refractivity contribution in [3.8, 4) is 0 Å². The maximum atomic E-state index is 11.7. The van der Waals surface area contributed by atoms with Gasteiger partial charge in [0.15, 0.2) is 17.4 Å². The normalized spacial score (nSPS) is 29.8. The summed E-state index contributed by atoms with van der Waals surface area (Å²) < 4.78 is 28.7. The standard InChI is InChI=1S/C12H17N4O7P/c1-21-3-6-9(23-24(2,19)20)8(17)12(22-6)16-5-15-7-10(16)13-4-14-11(7)18/h4-6,8-9,12,17H,3H2,1-2H3,(H,19,20)(H,13,14,18)/t6-,8+,9?,12-/m1/s1. The predicted molar refractivity (Wildman–Crippen MR) is 80.6 cm³/mol. The molecule has 1 aliphatic rings. The molecular weight excluding hydrogens is 343 g/mol. The van der Waals surface area contributed by atoms with E-state index in [1.807, 2.05) is 0 Å². The molecule has 0 aromatic carbocycles. The van der Waals surface area contributed by atoms with Crippen LogP contribution >= 0.6 is 7.60 Å². The highest BCUT2D eigenvalue weighted by atomic mass is 31.2. The Morgan fingerprint density at radius 1 is 1.50 bits per heavy atom. The zero-order valence-electron chi connectivity index (χ0n) is 12.9. The van der Waals surface area contributed by atoms with Crippen LogP contribution in [-0.2, 0) is 18.6 Å². The second kappa shape index (κ2) is 6.36. The van der Waals surface area contributed by atoms with Crippen LogP contribution in [-0.4, -0.2) is 68.2 Å². The number of aromatic amines is 1. The molecule has 5 atom stereocenters. The fourth-order valence-corrected chi connectivity index (χ4v) is 3.37. The van der Waals surface area contributed by atoms with Crippen LogP contribution in [0.2, 0.25) is 0 Å². The number of H-pyrrole nitrogens is 1. The summed E-state index contributed by atoms with van der Waals surface area (Å²) in [5, 5.41) is 10.5. The van der Waals surface area contributed by atoms with Crippen LogP contribution in [0.3, 0.4) is 0 Å². The van der Waals surface area contributed by atoms with Crippen LogP contribution in [0, 0.1) is 0 Å². The number of ether oxygens (including phenoxy) is 2. The maximum Gasteiger partial charge on any atom is 0.325 e. The van der Waals surface area contributed by atoms with E-state index in [1.54, 1.807) is 0 Å². The molecule has 0 radical (unpaired) electrons. The third-order valence-corrected chi connectivity index (χ3v) is 4.23. The number of aliphatic hydroxyl groups is 1. The first-order valence-electron chi connectivity index (χ1n) is 7.03. The fraction of sp³-hybridized carbons (Fsp3) is 0.583. The molecule has 132 valence electrons. The molecular formula is C12H17N4O7P. The predicted octanol–water partition coefficient (Wildman–Crippen LogP) is -0.775. The second-order valence-electron chi connectivity index (χ2n) is 5.44. The van der Waals surface area contributed by atoms with E-state index in [0.29, 0.717) is 0 Å². The summed E-state index contributed by atoms with van der Waals surface area (Å²) in [7, 11) is -2.43. The van der Waals surface area contributed by atoms with Crippen LogP contribution < -0.4 is 5.56 Å². The van der Waals surface area contributed by atoms with Crippen molar-refractivity contribution in [2.45, 2.75) is 24.5 Å². The summed E-state index contributed by atoms with van der Waals surface area (Å²) in [5.74, 6) is 0. The Labute approximate surface area is 135 Å². The molecule has 1 aliphatic heterocycles. The van der Waals surface area contributed by atoms with E-state index in [-0.39, 0.29) is 17.8 Å². The number of aliphatic hydroxyl groups excluding tert-OH is 1. The van der Waals surface area contributed by atoms with Crippen molar-refractivity contribution in [2.75, 3.05) is 20.4 Å². The number of nitrogens with zero attached hydrogens (tertiary/aromatic N) is 3. The molecule has 2 aromatic heterocycles. The summed E-state index contributed by atoms with van der Waals surface area (Å²) in [5.41, 5.74) is -0.131. The molecule has 3 rings (SSSR count). The monoisotopic (exact) mass is 360 g/mol. The molecule has 12 heteroatoms. The van der Waals surface area contributed by atoms with E-state index in [2.05, 4.69) is 15.0 Å². The van der Waals surface area contributed by atoms with Crippen molar-refractivity contribution in [1.82, 2.24) is 19.5 Å². The Hall–Kier alpha value is -1.62. The summed E-state index contributed by atoms with van der Waals surface area (Å²) in [6, 6.07) is 0. The molecule has 11 nitrogen and oxygen atoms in total. The zero-order chi connectivity index (χ0) is 17.5. The largest absolute Gasteiger partial charge is 0.386 e. The summed E-state index contributed by atoms with van der Waals surface area (Å²) in [4.78, 5) is 31.6. The van der Waals surface area contributed by atoms with Gasteiger partial charge in [0.1, 0.15) is 18.3 Å². The lowest BCUT2D eigenvalue weighted by Gasteiger charge is -2.21. The van der Waals surface area contributed by atoms with Gasteiger partial charge in [-0.3, -0.25) is 18.5 Å². The molecule has 0 spiro atoms. The topological polar surface area (TPSA) is 149 Å². The van der Waals surface area contributed by atoms with Crippen LogP contribution in [0.25, 0.3) is 11.2 Å². The number of aromatic nitrogens is 4. The molecule has 3 N–H and O–H groups in total. The number of hydrogen-bond acceptors (Lipinski definition) is 8. The first-order chi connectivity index (χ1) is 11.3. The van der Waals surface area contributed by atoms with Crippen molar-refractivity contribution >= 4 is 18.8 Å². The van der Waals surface area contributed by atoms with Gasteiger partial charge in [-0.15, -0.1) is 0 Å². The Morgan fingerprint density at radius 2 is 2.25 bits per heavy atom. The van der Waals surface area contributed by atoms with E-state index < -0.39 is 37.7 Å². The number of hydrogen-bond donors (Lipinski definition) is 3. The maximum absolute atomic E-state index is 11.7. The van der Waals surface area contributed by atoms with Gasteiger partial charge in [0, 0.05) is 13.8 Å². The average molecular weight is 360 g/mol. The Balaban J connectivity index is 1.97. The van der Waals surface area contributed by atoms with Gasteiger partial charge in [-0.2, -0.15) is 0 Å². The number of rotatable bonds is 5. The number of nitrogens with one attached hydrogen (secondary N) is 1. The SMILES string of the molecule is COC[C@H]1O[C@@H](n2cnc3c(=O)[nH]cnc32)[C@@H](O)C1O[P@](C)(=O)O. The molecule has 24 heavy (non-hydrogen) atoms. The Morgan fingerprint density at radius 3 is 2.92 bits per heavy atom. The number of imidazole rings is 1. The minimum Gasteiger partial charge on any atom is -0.386 e. The molecule has 1 saturated heterocycles. The van der Waals surface area contributed by atoms with Crippen LogP contribution in [0.1, 0.15) is 6.23 Å². The van der Waals surface area contributed by atoms with Crippen molar-refractivity contribution in [1.29, 1.82) is 0 Å². The van der Waals surface area contributed by atoms with Crippen molar-refractivity contribution < 1.29 is 28.6 Å². The molecule has 0 amide bonds. The van der Waals surface area contributed by atoms with E-state index in [0.717, 1.165) is 6.66 Å². The van der Waals surface area contributed by atoms with Crippen LogP contribution in [0.15, 0.2) is 17.4 Å². The first-order valence-corrected chi connectivity index (χ1v) is 9.05. The highest BCUT2D eigenvalue weighted by Crippen LogP contribution is 2.44. The molecule has 0 aliphatic carbocycles. The average Bonchev–Trinajstić information content (AvgIpc) is 3.03. The highest BCUT2D eigenvalue weighted by Gasteiger charge is 2.48.